The first-order valence-corrected chi connectivity index (χ1v) is 10.8. The van der Waals surface area contributed by atoms with Gasteiger partial charge in [-0.2, -0.15) is 0 Å². The average molecular weight is 409 g/mol. The molecule has 0 aliphatic carbocycles. The molecule has 6 nitrogen and oxygen atoms in total. The van der Waals surface area contributed by atoms with Crippen molar-refractivity contribution in [2.75, 3.05) is 65.7 Å². The molecule has 2 fully saturated rings. The van der Waals surface area contributed by atoms with E-state index in [-0.39, 0.29) is 5.41 Å². The summed E-state index contributed by atoms with van der Waals surface area (Å²) in [4.78, 5) is 7.37. The molecule has 7 heteroatoms. The third kappa shape index (κ3) is 6.08. The molecule has 0 atom stereocenters. The molecule has 2 heterocycles. The number of aliphatic imine (C=N–C) groups is 1. The van der Waals surface area contributed by atoms with Crippen LogP contribution >= 0.6 is 11.6 Å². The first-order chi connectivity index (χ1) is 13.7. The quantitative estimate of drug-likeness (QED) is 0.535. The van der Waals surface area contributed by atoms with Gasteiger partial charge in [0.1, 0.15) is 0 Å². The Kier molecular flexibility index (Phi) is 8.40. The molecule has 0 amide bonds. The number of rotatable bonds is 7. The first-order valence-electron chi connectivity index (χ1n) is 10.4. The second-order valence-electron chi connectivity index (χ2n) is 7.48. The van der Waals surface area contributed by atoms with Gasteiger partial charge in [0.15, 0.2) is 5.96 Å². The van der Waals surface area contributed by atoms with E-state index in [2.05, 4.69) is 34.6 Å². The van der Waals surface area contributed by atoms with Crippen molar-refractivity contribution in [2.24, 2.45) is 4.99 Å². The normalized spacial score (nSPS) is 20.7. The summed E-state index contributed by atoms with van der Waals surface area (Å²) < 4.78 is 11.0. The molecule has 0 aromatic heterocycles. The third-order valence-electron chi connectivity index (χ3n) is 5.60. The van der Waals surface area contributed by atoms with Crippen LogP contribution in [0.2, 0.25) is 5.02 Å². The fourth-order valence-corrected chi connectivity index (χ4v) is 4.04. The second-order valence-corrected chi connectivity index (χ2v) is 7.92. The van der Waals surface area contributed by atoms with E-state index < -0.39 is 0 Å². The molecule has 3 rings (SSSR count). The maximum atomic E-state index is 6.28. The zero-order valence-corrected chi connectivity index (χ0v) is 17.6. The molecule has 156 valence electrons. The highest BCUT2D eigenvalue weighted by Gasteiger charge is 2.34. The Hall–Kier alpha value is -1.34. The lowest BCUT2D eigenvalue weighted by molar-refractivity contribution is 0.0389. The van der Waals surface area contributed by atoms with Crippen LogP contribution in [-0.4, -0.2) is 76.6 Å². The van der Waals surface area contributed by atoms with E-state index in [0.29, 0.717) is 0 Å². The lowest BCUT2D eigenvalue weighted by atomic mass is 9.74. The summed E-state index contributed by atoms with van der Waals surface area (Å²) in [5.74, 6) is 0.878. The van der Waals surface area contributed by atoms with Crippen LogP contribution in [0.15, 0.2) is 29.3 Å². The Labute approximate surface area is 173 Å². The molecule has 28 heavy (non-hydrogen) atoms. The monoisotopic (exact) mass is 408 g/mol. The molecular weight excluding hydrogens is 376 g/mol. The zero-order valence-electron chi connectivity index (χ0n) is 16.9. The highest BCUT2D eigenvalue weighted by Crippen LogP contribution is 2.36. The lowest BCUT2D eigenvalue weighted by Gasteiger charge is -2.37. The smallest absolute Gasteiger partial charge is 0.191 e. The Bertz CT molecular complexity index is 629. The maximum absolute atomic E-state index is 6.28. The van der Waals surface area contributed by atoms with Gasteiger partial charge in [-0.1, -0.05) is 23.7 Å². The molecule has 0 spiro atoms. The molecule has 1 aromatic rings. The Morgan fingerprint density at radius 3 is 2.61 bits per heavy atom. The minimum absolute atomic E-state index is 0.0181. The summed E-state index contributed by atoms with van der Waals surface area (Å²) in [6, 6.07) is 8.22. The van der Waals surface area contributed by atoms with E-state index in [0.717, 1.165) is 89.5 Å². The SMILES string of the molecule is CCNC(=NCC1(c2cccc(Cl)c2)CCOCC1)NCCN1CCOCC1. The van der Waals surface area contributed by atoms with Crippen LogP contribution < -0.4 is 10.6 Å². The Balaban J connectivity index is 1.64. The van der Waals surface area contributed by atoms with Crippen molar-refractivity contribution < 1.29 is 9.47 Å². The van der Waals surface area contributed by atoms with E-state index in [1.807, 2.05) is 12.1 Å². The highest BCUT2D eigenvalue weighted by molar-refractivity contribution is 6.30. The number of nitrogens with one attached hydrogen (secondary N) is 2. The number of hydrogen-bond donors (Lipinski definition) is 2. The number of ether oxygens (including phenoxy) is 2. The summed E-state index contributed by atoms with van der Waals surface area (Å²) in [6.07, 6.45) is 1.92. The van der Waals surface area contributed by atoms with Gasteiger partial charge >= 0.3 is 0 Å². The third-order valence-corrected chi connectivity index (χ3v) is 5.83. The molecule has 0 saturated carbocycles. The number of halogens is 1. The van der Waals surface area contributed by atoms with E-state index in [4.69, 9.17) is 26.1 Å². The van der Waals surface area contributed by atoms with Crippen molar-refractivity contribution in [3.8, 4) is 0 Å². The average Bonchev–Trinajstić information content (AvgIpc) is 2.73. The predicted molar refractivity (Wildman–Crippen MR) is 114 cm³/mol. The highest BCUT2D eigenvalue weighted by atomic mass is 35.5. The number of benzene rings is 1. The Morgan fingerprint density at radius 1 is 1.14 bits per heavy atom. The van der Waals surface area contributed by atoms with Crippen molar-refractivity contribution in [1.29, 1.82) is 0 Å². The van der Waals surface area contributed by atoms with Crippen LogP contribution in [0, 0.1) is 0 Å². The number of hydrogen-bond acceptors (Lipinski definition) is 4. The summed E-state index contributed by atoms with van der Waals surface area (Å²) in [7, 11) is 0. The van der Waals surface area contributed by atoms with Gasteiger partial charge in [0.25, 0.3) is 0 Å². The van der Waals surface area contributed by atoms with Crippen LogP contribution in [0.4, 0.5) is 0 Å². The summed E-state index contributed by atoms with van der Waals surface area (Å²) >= 11 is 6.28. The van der Waals surface area contributed by atoms with Gasteiger partial charge in [0.05, 0.1) is 19.8 Å². The van der Waals surface area contributed by atoms with Gasteiger partial charge < -0.3 is 20.1 Å². The fourth-order valence-electron chi connectivity index (χ4n) is 3.85. The van der Waals surface area contributed by atoms with Gasteiger partial charge in [-0.25, -0.2) is 0 Å². The molecule has 0 unspecified atom stereocenters. The van der Waals surface area contributed by atoms with Gasteiger partial charge in [-0.15, -0.1) is 0 Å². The van der Waals surface area contributed by atoms with Crippen molar-refractivity contribution in [1.82, 2.24) is 15.5 Å². The van der Waals surface area contributed by atoms with Crippen LogP contribution in [0.1, 0.15) is 25.3 Å². The van der Waals surface area contributed by atoms with E-state index >= 15 is 0 Å². The molecule has 2 aliphatic heterocycles. The molecule has 2 saturated heterocycles. The standard InChI is InChI=1S/C21H33ClN4O2/c1-2-23-20(24-8-9-26-10-14-28-15-11-26)25-17-21(6-12-27-13-7-21)18-4-3-5-19(22)16-18/h3-5,16H,2,6-15,17H2,1H3,(H2,23,24,25). The summed E-state index contributed by atoms with van der Waals surface area (Å²) in [5, 5.41) is 7.65. The molecule has 1 aromatic carbocycles. The van der Waals surface area contributed by atoms with Crippen LogP contribution in [0.25, 0.3) is 0 Å². The number of guanidine groups is 1. The minimum atomic E-state index is -0.0181. The number of morpholine rings is 1. The Morgan fingerprint density at radius 2 is 1.89 bits per heavy atom. The molecule has 0 bridgehead atoms. The van der Waals surface area contributed by atoms with Crippen molar-refractivity contribution in [3.63, 3.8) is 0 Å². The van der Waals surface area contributed by atoms with Crippen LogP contribution in [0.3, 0.4) is 0 Å². The number of nitrogens with zero attached hydrogens (tertiary/aromatic N) is 2. The second kappa shape index (κ2) is 11.0. The summed E-state index contributed by atoms with van der Waals surface area (Å²) in [6.45, 7) is 10.8. The van der Waals surface area contributed by atoms with Crippen LogP contribution in [-0.2, 0) is 14.9 Å². The maximum Gasteiger partial charge on any atom is 0.191 e. The van der Waals surface area contributed by atoms with Crippen LogP contribution in [0.5, 0.6) is 0 Å². The fraction of sp³-hybridized carbons (Fsp3) is 0.667. The first kappa shape index (κ1) is 21.4. The van der Waals surface area contributed by atoms with Crippen molar-refractivity contribution in [3.05, 3.63) is 34.9 Å². The topological polar surface area (TPSA) is 58.1 Å². The molecule has 2 aliphatic rings. The summed E-state index contributed by atoms with van der Waals surface area (Å²) in [5.41, 5.74) is 1.24. The van der Waals surface area contributed by atoms with Gasteiger partial charge in [0.2, 0.25) is 0 Å². The molecule has 0 radical (unpaired) electrons. The largest absolute Gasteiger partial charge is 0.381 e. The molecule has 2 N–H and O–H groups in total. The zero-order chi connectivity index (χ0) is 19.7. The van der Waals surface area contributed by atoms with Gasteiger partial charge in [-0.05, 0) is 37.5 Å². The van der Waals surface area contributed by atoms with Gasteiger partial charge in [-0.3, -0.25) is 9.89 Å². The molecular formula is C21H33ClN4O2. The van der Waals surface area contributed by atoms with Crippen molar-refractivity contribution >= 4 is 17.6 Å². The minimum Gasteiger partial charge on any atom is -0.381 e. The van der Waals surface area contributed by atoms with E-state index in [9.17, 15) is 0 Å². The predicted octanol–water partition coefficient (Wildman–Crippen LogP) is 2.28. The van der Waals surface area contributed by atoms with E-state index in [1.165, 1.54) is 5.56 Å². The van der Waals surface area contributed by atoms with Gasteiger partial charge in [0, 0.05) is 56.4 Å². The van der Waals surface area contributed by atoms with E-state index in [1.54, 1.807) is 0 Å². The lowest BCUT2D eigenvalue weighted by Crippen LogP contribution is -2.45. The van der Waals surface area contributed by atoms with Crippen molar-refractivity contribution in [2.45, 2.75) is 25.2 Å².